The van der Waals surface area contributed by atoms with Gasteiger partial charge in [0.1, 0.15) is 48.9 Å². The number of carbonyl (C=O) groups excluding carboxylic acids is 8. The lowest BCUT2D eigenvalue weighted by Crippen LogP contribution is -2.66. The molecule has 0 spiro atoms. The van der Waals surface area contributed by atoms with Crippen molar-refractivity contribution in [2.24, 2.45) is 5.92 Å². The minimum Gasteiger partial charge on any atom is -0.458 e. The van der Waals surface area contributed by atoms with Gasteiger partial charge in [-0.2, -0.15) is 0 Å². The van der Waals surface area contributed by atoms with Gasteiger partial charge in [0.2, 0.25) is 41.4 Å². The lowest BCUT2D eigenvalue weighted by atomic mass is 10.0. The first-order chi connectivity index (χ1) is 27.6. The third kappa shape index (κ3) is 9.60. The van der Waals surface area contributed by atoms with E-state index in [1.165, 1.54) is 23.6 Å². The molecule has 2 aromatic carbocycles. The SMILES string of the molecule is Cc1cccc(C[C@H](NC(=O)Cc2cccc(Cl)c2)C(=O)N[C@@H]2C(=O)N3CCC[C@H]3C(=O)N3CC(=O)NC[C@H]3C(=O)N[C@@H](C)C(=O)N3C[C@H](C)C[C@H]3C(=O)O[C@H]2C)c1. The van der Waals surface area contributed by atoms with E-state index < -0.39 is 96.2 Å². The van der Waals surface area contributed by atoms with Crippen molar-refractivity contribution in [1.29, 1.82) is 0 Å². The Morgan fingerprint density at radius 2 is 1.64 bits per heavy atom. The Morgan fingerprint density at radius 3 is 2.38 bits per heavy atom. The first kappa shape index (κ1) is 42.1. The first-order valence-electron chi connectivity index (χ1n) is 19.7. The summed E-state index contributed by atoms with van der Waals surface area (Å²) in [6, 6.07) is 6.97. The zero-order valence-electron chi connectivity index (χ0n) is 33.0. The van der Waals surface area contributed by atoms with Gasteiger partial charge in [-0.3, -0.25) is 33.6 Å². The second kappa shape index (κ2) is 18.0. The molecule has 7 amide bonds. The molecule has 4 N–H and O–H groups in total. The van der Waals surface area contributed by atoms with Gasteiger partial charge in [-0.1, -0.05) is 60.5 Å². The smallest absolute Gasteiger partial charge is 0.329 e. The highest BCUT2D eigenvalue weighted by Crippen LogP contribution is 2.27. The van der Waals surface area contributed by atoms with Gasteiger partial charge in [0, 0.05) is 31.1 Å². The van der Waals surface area contributed by atoms with Crippen molar-refractivity contribution in [3.8, 4) is 0 Å². The predicted octanol–water partition coefficient (Wildman–Crippen LogP) is 0.408. The number of nitrogens with zero attached hydrogens (tertiary/aromatic N) is 3. The molecule has 2 aromatic rings. The van der Waals surface area contributed by atoms with E-state index in [0.29, 0.717) is 17.0 Å². The van der Waals surface area contributed by atoms with Crippen LogP contribution in [0.25, 0.3) is 0 Å². The van der Waals surface area contributed by atoms with Crippen molar-refractivity contribution in [3.05, 3.63) is 70.2 Å². The number of aryl methyl sites for hydroxylation is 1. The Morgan fingerprint density at radius 1 is 0.897 bits per heavy atom. The molecule has 0 bridgehead atoms. The molecule has 0 aliphatic carbocycles. The highest BCUT2D eigenvalue weighted by atomic mass is 35.5. The van der Waals surface area contributed by atoms with Crippen LogP contribution in [-0.2, 0) is 55.9 Å². The van der Waals surface area contributed by atoms with Crippen molar-refractivity contribution < 1.29 is 43.1 Å². The molecule has 4 saturated heterocycles. The maximum Gasteiger partial charge on any atom is 0.329 e. The van der Waals surface area contributed by atoms with E-state index in [4.69, 9.17) is 16.3 Å². The van der Waals surface area contributed by atoms with E-state index in [1.807, 2.05) is 38.1 Å². The molecule has 4 aliphatic rings. The number of hydrogen-bond donors (Lipinski definition) is 4. The minimum atomic E-state index is -1.55. The molecule has 6 rings (SSSR count). The summed E-state index contributed by atoms with van der Waals surface area (Å²) in [6.45, 7) is 6.32. The van der Waals surface area contributed by atoms with Crippen LogP contribution in [0, 0.1) is 12.8 Å². The number of cyclic esters (lactones) is 1. The number of hydrogen-bond acceptors (Lipinski definition) is 9. The van der Waals surface area contributed by atoms with Crippen LogP contribution in [0.2, 0.25) is 5.02 Å². The number of nitrogens with one attached hydrogen (secondary N) is 4. The molecule has 0 radical (unpaired) electrons. The fraction of sp³-hybridized carbons (Fsp3) is 0.512. The van der Waals surface area contributed by atoms with Gasteiger partial charge in [-0.15, -0.1) is 0 Å². The first-order valence-corrected chi connectivity index (χ1v) is 20.1. The van der Waals surface area contributed by atoms with Gasteiger partial charge < -0.3 is 40.7 Å². The van der Waals surface area contributed by atoms with Crippen molar-refractivity contribution in [1.82, 2.24) is 36.0 Å². The third-order valence-corrected chi connectivity index (χ3v) is 11.4. The van der Waals surface area contributed by atoms with Crippen molar-refractivity contribution in [3.63, 3.8) is 0 Å². The largest absolute Gasteiger partial charge is 0.458 e. The van der Waals surface area contributed by atoms with Gasteiger partial charge in [0.25, 0.3) is 0 Å². The second-order valence-corrected chi connectivity index (χ2v) is 16.2. The van der Waals surface area contributed by atoms with Crippen LogP contribution in [0.1, 0.15) is 56.7 Å². The molecular formula is C41H50ClN7O9. The molecule has 8 atom stereocenters. The number of esters is 1. The summed E-state index contributed by atoms with van der Waals surface area (Å²) < 4.78 is 5.93. The summed E-state index contributed by atoms with van der Waals surface area (Å²) in [5.41, 5.74) is 2.27. The minimum absolute atomic E-state index is 0.0460. The zero-order chi connectivity index (χ0) is 41.8. The third-order valence-electron chi connectivity index (χ3n) is 11.1. The lowest BCUT2D eigenvalue weighted by Gasteiger charge is -2.39. The predicted molar refractivity (Wildman–Crippen MR) is 210 cm³/mol. The number of carbonyl (C=O) groups is 8. The Balaban J connectivity index is 1.34. The van der Waals surface area contributed by atoms with Crippen LogP contribution in [0.5, 0.6) is 0 Å². The number of halogens is 1. The fourth-order valence-electron chi connectivity index (χ4n) is 8.22. The maximum absolute atomic E-state index is 14.7. The molecule has 17 heteroatoms. The van der Waals surface area contributed by atoms with Crippen LogP contribution < -0.4 is 21.3 Å². The Hall–Kier alpha value is -5.51. The van der Waals surface area contributed by atoms with Crippen molar-refractivity contribution in [2.45, 2.75) is 102 Å². The molecule has 4 heterocycles. The fourth-order valence-corrected chi connectivity index (χ4v) is 8.44. The Labute approximate surface area is 341 Å². The van der Waals surface area contributed by atoms with Crippen LogP contribution in [0.3, 0.4) is 0 Å². The summed E-state index contributed by atoms with van der Waals surface area (Å²) in [6.07, 6.45) is -0.508. The number of piperazine rings is 1. The topological polar surface area (TPSA) is 204 Å². The van der Waals surface area contributed by atoms with Gasteiger partial charge in [0.05, 0.1) is 6.42 Å². The van der Waals surface area contributed by atoms with E-state index in [9.17, 15) is 38.4 Å². The second-order valence-electron chi connectivity index (χ2n) is 15.8. The van der Waals surface area contributed by atoms with E-state index >= 15 is 0 Å². The normalized spacial score (nSPS) is 27.5. The van der Waals surface area contributed by atoms with Crippen LogP contribution in [0.4, 0.5) is 0 Å². The molecule has 4 aliphatic heterocycles. The maximum atomic E-state index is 14.7. The molecule has 0 saturated carbocycles. The van der Waals surface area contributed by atoms with Crippen LogP contribution >= 0.6 is 11.6 Å². The molecule has 310 valence electrons. The average Bonchev–Trinajstić information content (AvgIpc) is 3.82. The Kier molecular flexibility index (Phi) is 13.0. The summed E-state index contributed by atoms with van der Waals surface area (Å²) in [5, 5.41) is 11.3. The molecule has 58 heavy (non-hydrogen) atoms. The summed E-state index contributed by atoms with van der Waals surface area (Å²) in [5.74, 6) is -5.25. The highest BCUT2D eigenvalue weighted by Gasteiger charge is 2.48. The molecule has 16 nitrogen and oxygen atoms in total. The number of rotatable bonds is 7. The Bertz CT molecular complexity index is 1980. The summed E-state index contributed by atoms with van der Waals surface area (Å²) in [4.78, 5) is 115. The van der Waals surface area contributed by atoms with Gasteiger partial charge in [-0.05, 0) is 69.2 Å². The van der Waals surface area contributed by atoms with E-state index in [-0.39, 0.29) is 51.2 Å². The lowest BCUT2D eigenvalue weighted by molar-refractivity contribution is -0.163. The van der Waals surface area contributed by atoms with Crippen molar-refractivity contribution in [2.75, 3.05) is 26.2 Å². The quantitative estimate of drug-likeness (QED) is 0.286. The molecule has 0 aromatic heterocycles. The summed E-state index contributed by atoms with van der Waals surface area (Å²) >= 11 is 6.15. The van der Waals surface area contributed by atoms with Gasteiger partial charge in [-0.25, -0.2) is 4.79 Å². The van der Waals surface area contributed by atoms with Crippen LogP contribution in [-0.4, -0.2) is 131 Å². The number of benzene rings is 2. The highest BCUT2D eigenvalue weighted by molar-refractivity contribution is 6.30. The van der Waals surface area contributed by atoms with Gasteiger partial charge >= 0.3 is 5.97 Å². The number of amides is 7. The molecule has 4 fully saturated rings. The molecule has 0 unspecified atom stereocenters. The van der Waals surface area contributed by atoms with E-state index in [0.717, 1.165) is 16.0 Å². The number of fused-ring (bicyclic) bond motifs is 3. The van der Waals surface area contributed by atoms with Gasteiger partial charge in [0.15, 0.2) is 0 Å². The number of ether oxygens (including phenoxy) is 1. The standard InChI is InChI=1S/C41H50ClN7O9/c1-22-8-5-9-26(14-22)17-29(45-33(50)18-27-10-6-11-28(42)16-27)36(52)46-35-25(4)58-41(57)31-15-23(2)20-48(31)38(54)24(3)44-37(53)32-19-43-34(51)21-49(32)39(55)30-12-7-13-47(30)40(35)56/h5-6,8-11,14,16,23-25,29-32,35H,7,12-13,15,17-21H2,1-4H3,(H,43,51)(H,44,53)(H,45,50)(H,46,52)/t23-,24+,25+,29+,30+,31+,32+,35+/m1/s1. The monoisotopic (exact) mass is 819 g/mol. The van der Waals surface area contributed by atoms with E-state index in [2.05, 4.69) is 21.3 Å². The van der Waals surface area contributed by atoms with E-state index in [1.54, 1.807) is 24.3 Å². The van der Waals surface area contributed by atoms with Crippen LogP contribution in [0.15, 0.2) is 48.5 Å². The zero-order valence-corrected chi connectivity index (χ0v) is 33.8. The average molecular weight is 820 g/mol. The van der Waals surface area contributed by atoms with Crippen molar-refractivity contribution >= 4 is 58.9 Å². The summed E-state index contributed by atoms with van der Waals surface area (Å²) in [7, 11) is 0. The molecular weight excluding hydrogens is 770 g/mol.